The third kappa shape index (κ3) is 3.67. The van der Waals surface area contributed by atoms with Crippen molar-refractivity contribution in [3.05, 3.63) is 28.3 Å². The molecule has 9 nitrogen and oxygen atoms in total. The number of aliphatic hydroxyl groups is 1. The van der Waals surface area contributed by atoms with Gasteiger partial charge in [0.25, 0.3) is 5.69 Å². The summed E-state index contributed by atoms with van der Waals surface area (Å²) in [6.07, 6.45) is 0. The summed E-state index contributed by atoms with van der Waals surface area (Å²) in [6.45, 7) is 2.90. The molecular formula is C11H18N4O5S. The third-order valence-electron chi connectivity index (χ3n) is 2.81. The van der Waals surface area contributed by atoms with Crippen LogP contribution in [-0.4, -0.2) is 41.9 Å². The van der Waals surface area contributed by atoms with Crippen molar-refractivity contribution in [2.24, 2.45) is 5.84 Å². The van der Waals surface area contributed by atoms with Gasteiger partial charge in [0, 0.05) is 24.7 Å². The molecule has 0 aliphatic rings. The van der Waals surface area contributed by atoms with Gasteiger partial charge in [-0.2, -0.15) is 4.31 Å². The van der Waals surface area contributed by atoms with Gasteiger partial charge in [0.15, 0.2) is 0 Å². The van der Waals surface area contributed by atoms with Crippen LogP contribution >= 0.6 is 0 Å². The minimum atomic E-state index is -3.94. The van der Waals surface area contributed by atoms with E-state index in [4.69, 9.17) is 10.9 Å². The van der Waals surface area contributed by atoms with Crippen molar-refractivity contribution >= 4 is 21.4 Å². The van der Waals surface area contributed by atoms with Gasteiger partial charge in [-0.05, 0) is 19.9 Å². The molecule has 0 spiro atoms. The van der Waals surface area contributed by atoms with Crippen LogP contribution in [0.5, 0.6) is 0 Å². The molecule has 0 atom stereocenters. The minimum absolute atomic E-state index is 0.0761. The standard InChI is InChI=1S/C11H18N4O5S/c1-8(2)14(5-6-16)21(19,20)11-4-3-9(15(17)18)7-10(11)13-12/h3-4,7-8,13,16H,5-6,12H2,1-2H3. The summed E-state index contributed by atoms with van der Waals surface area (Å²) in [7, 11) is -3.94. The van der Waals surface area contributed by atoms with Crippen LogP contribution in [-0.2, 0) is 10.0 Å². The van der Waals surface area contributed by atoms with Crippen LogP contribution in [0, 0.1) is 10.1 Å². The molecule has 0 unspecified atom stereocenters. The van der Waals surface area contributed by atoms with E-state index in [1.165, 1.54) is 0 Å². The molecule has 1 rings (SSSR count). The number of aliphatic hydroxyl groups excluding tert-OH is 1. The Labute approximate surface area is 122 Å². The number of hydrogen-bond donors (Lipinski definition) is 3. The van der Waals surface area contributed by atoms with Crippen molar-refractivity contribution < 1.29 is 18.4 Å². The van der Waals surface area contributed by atoms with Gasteiger partial charge in [-0.15, -0.1) is 0 Å². The van der Waals surface area contributed by atoms with Crippen molar-refractivity contribution in [1.29, 1.82) is 0 Å². The fourth-order valence-electron chi connectivity index (χ4n) is 1.85. The summed E-state index contributed by atoms with van der Waals surface area (Å²) < 4.78 is 26.2. The van der Waals surface area contributed by atoms with Crippen molar-refractivity contribution in [2.75, 3.05) is 18.6 Å². The van der Waals surface area contributed by atoms with Crippen molar-refractivity contribution in [1.82, 2.24) is 4.31 Å². The predicted octanol–water partition coefficient (Wildman–Crippen LogP) is 0.272. The molecule has 0 saturated carbocycles. The molecule has 0 aliphatic carbocycles. The van der Waals surface area contributed by atoms with Gasteiger partial charge in [0.1, 0.15) is 4.90 Å². The van der Waals surface area contributed by atoms with E-state index in [1.54, 1.807) is 13.8 Å². The smallest absolute Gasteiger partial charge is 0.271 e. The molecule has 0 aliphatic heterocycles. The summed E-state index contributed by atoms with van der Waals surface area (Å²) in [5, 5.41) is 19.7. The molecule has 1 aromatic carbocycles. The molecule has 0 fully saturated rings. The first-order chi connectivity index (χ1) is 9.75. The number of anilines is 1. The van der Waals surface area contributed by atoms with E-state index in [-0.39, 0.29) is 35.5 Å². The number of hydrazine groups is 1. The zero-order chi connectivity index (χ0) is 16.2. The summed E-state index contributed by atoms with van der Waals surface area (Å²) in [4.78, 5) is 9.89. The van der Waals surface area contributed by atoms with Crippen molar-refractivity contribution in [3.63, 3.8) is 0 Å². The topological polar surface area (TPSA) is 139 Å². The zero-order valence-electron chi connectivity index (χ0n) is 11.7. The Morgan fingerprint density at radius 3 is 2.52 bits per heavy atom. The number of nitrogens with zero attached hydrogens (tertiary/aromatic N) is 2. The second kappa shape index (κ2) is 6.80. The lowest BCUT2D eigenvalue weighted by molar-refractivity contribution is -0.384. The van der Waals surface area contributed by atoms with Gasteiger partial charge >= 0.3 is 0 Å². The van der Waals surface area contributed by atoms with E-state index >= 15 is 0 Å². The number of nitro benzene ring substituents is 1. The molecule has 10 heteroatoms. The van der Waals surface area contributed by atoms with Crippen LogP contribution in [0.4, 0.5) is 11.4 Å². The SMILES string of the molecule is CC(C)N(CCO)S(=O)(=O)c1ccc([N+](=O)[O-])cc1NN. The lowest BCUT2D eigenvalue weighted by Crippen LogP contribution is -2.39. The number of non-ortho nitro benzene ring substituents is 1. The number of sulfonamides is 1. The van der Waals surface area contributed by atoms with Crippen LogP contribution in [0.15, 0.2) is 23.1 Å². The number of nitro groups is 1. The first kappa shape index (κ1) is 17.3. The average Bonchev–Trinajstić information content (AvgIpc) is 2.43. The van der Waals surface area contributed by atoms with Gasteiger partial charge in [-0.3, -0.25) is 16.0 Å². The normalized spacial score (nSPS) is 11.9. The van der Waals surface area contributed by atoms with E-state index in [2.05, 4.69) is 5.43 Å². The van der Waals surface area contributed by atoms with Gasteiger partial charge < -0.3 is 10.5 Å². The second-order valence-corrected chi connectivity index (χ2v) is 6.37. The zero-order valence-corrected chi connectivity index (χ0v) is 12.5. The maximum Gasteiger partial charge on any atom is 0.271 e. The molecule has 118 valence electrons. The van der Waals surface area contributed by atoms with Crippen LogP contribution in [0.3, 0.4) is 0 Å². The van der Waals surface area contributed by atoms with E-state index < -0.39 is 14.9 Å². The second-order valence-electron chi connectivity index (χ2n) is 4.52. The summed E-state index contributed by atoms with van der Waals surface area (Å²) in [6, 6.07) is 2.87. The first-order valence-electron chi connectivity index (χ1n) is 6.13. The van der Waals surface area contributed by atoms with Gasteiger partial charge in [-0.1, -0.05) is 0 Å². The highest BCUT2D eigenvalue weighted by atomic mass is 32.2. The average molecular weight is 318 g/mol. The fourth-order valence-corrected chi connectivity index (χ4v) is 3.62. The Balaban J connectivity index is 3.39. The van der Waals surface area contributed by atoms with E-state index in [1.807, 2.05) is 0 Å². The number of rotatable bonds is 7. The Morgan fingerprint density at radius 1 is 1.48 bits per heavy atom. The molecule has 21 heavy (non-hydrogen) atoms. The number of nitrogens with two attached hydrogens (primary N) is 1. The number of hydrogen-bond acceptors (Lipinski definition) is 7. The molecule has 0 bridgehead atoms. The van der Waals surface area contributed by atoms with E-state index in [0.717, 1.165) is 22.5 Å². The fraction of sp³-hybridized carbons (Fsp3) is 0.455. The minimum Gasteiger partial charge on any atom is -0.395 e. The highest BCUT2D eigenvalue weighted by Gasteiger charge is 2.29. The van der Waals surface area contributed by atoms with Crippen LogP contribution < -0.4 is 11.3 Å². The molecule has 0 heterocycles. The predicted molar refractivity (Wildman–Crippen MR) is 77.0 cm³/mol. The molecular weight excluding hydrogens is 300 g/mol. The van der Waals surface area contributed by atoms with Gasteiger partial charge in [0.05, 0.1) is 17.2 Å². The monoisotopic (exact) mass is 318 g/mol. The molecule has 0 radical (unpaired) electrons. The number of nitrogens with one attached hydrogen (secondary N) is 1. The molecule has 0 saturated heterocycles. The van der Waals surface area contributed by atoms with Crippen molar-refractivity contribution in [2.45, 2.75) is 24.8 Å². The summed E-state index contributed by atoms with van der Waals surface area (Å²) >= 11 is 0. The third-order valence-corrected chi connectivity index (χ3v) is 4.95. The lowest BCUT2D eigenvalue weighted by atomic mass is 10.3. The first-order valence-corrected chi connectivity index (χ1v) is 7.57. The van der Waals surface area contributed by atoms with Gasteiger partial charge in [0.2, 0.25) is 10.0 Å². The Kier molecular flexibility index (Phi) is 5.61. The Hall–Kier alpha value is -1.75. The molecule has 0 amide bonds. The molecule has 0 aromatic heterocycles. The highest BCUT2D eigenvalue weighted by Crippen LogP contribution is 2.29. The molecule has 4 N–H and O–H groups in total. The number of benzene rings is 1. The molecule has 1 aromatic rings. The summed E-state index contributed by atoms with van der Waals surface area (Å²) in [5.41, 5.74) is 1.81. The van der Waals surface area contributed by atoms with E-state index in [9.17, 15) is 18.5 Å². The highest BCUT2D eigenvalue weighted by molar-refractivity contribution is 7.89. The maximum absolute atomic E-state index is 12.6. The van der Waals surface area contributed by atoms with Crippen LogP contribution in [0.2, 0.25) is 0 Å². The maximum atomic E-state index is 12.6. The quantitative estimate of drug-likeness (QED) is 0.372. The van der Waals surface area contributed by atoms with E-state index in [0.29, 0.717) is 0 Å². The number of nitrogen functional groups attached to an aromatic ring is 1. The lowest BCUT2D eigenvalue weighted by Gasteiger charge is -2.26. The largest absolute Gasteiger partial charge is 0.395 e. The van der Waals surface area contributed by atoms with Crippen LogP contribution in [0.25, 0.3) is 0 Å². The summed E-state index contributed by atoms with van der Waals surface area (Å²) in [5.74, 6) is 5.26. The Bertz CT molecular complexity index is 617. The van der Waals surface area contributed by atoms with Crippen LogP contribution in [0.1, 0.15) is 13.8 Å². The van der Waals surface area contributed by atoms with Crippen molar-refractivity contribution in [3.8, 4) is 0 Å². The Morgan fingerprint density at radius 2 is 2.10 bits per heavy atom. The van der Waals surface area contributed by atoms with Gasteiger partial charge in [-0.25, -0.2) is 8.42 Å².